The molecule has 1 aliphatic carbocycles. The molecule has 2 rings (SSSR count). The van der Waals surface area contributed by atoms with Crippen molar-refractivity contribution in [3.8, 4) is 0 Å². The molecule has 2 aliphatic rings. The number of aliphatic carboxylic acids is 1. The van der Waals surface area contributed by atoms with Crippen LogP contribution in [0.15, 0.2) is 0 Å². The van der Waals surface area contributed by atoms with Crippen molar-refractivity contribution in [3.05, 3.63) is 0 Å². The molecule has 1 heterocycles. The van der Waals surface area contributed by atoms with E-state index >= 15 is 0 Å². The van der Waals surface area contributed by atoms with Gasteiger partial charge in [-0.2, -0.15) is 0 Å². The van der Waals surface area contributed by atoms with Gasteiger partial charge in [0, 0.05) is 26.2 Å². The maximum Gasteiger partial charge on any atom is 0.324 e. The van der Waals surface area contributed by atoms with Gasteiger partial charge < -0.3 is 10.0 Å². The predicted octanol–water partition coefficient (Wildman–Crippen LogP) is 2.68. The fourth-order valence-corrected chi connectivity index (χ4v) is 4.07. The predicted molar refractivity (Wildman–Crippen MR) is 85.5 cm³/mol. The molecule has 4 nitrogen and oxygen atoms in total. The van der Waals surface area contributed by atoms with Crippen molar-refractivity contribution in [3.63, 3.8) is 0 Å². The number of hydrogen-bond donors (Lipinski definition) is 1. The first-order valence-electron chi connectivity index (χ1n) is 8.49. The Morgan fingerprint density at radius 2 is 1.71 bits per heavy atom. The maximum atomic E-state index is 12.0. The molecule has 0 spiro atoms. The van der Waals surface area contributed by atoms with Gasteiger partial charge in [-0.1, -0.05) is 27.2 Å². The van der Waals surface area contributed by atoms with E-state index in [0.29, 0.717) is 11.3 Å². The van der Waals surface area contributed by atoms with Crippen molar-refractivity contribution in [1.82, 2.24) is 9.80 Å². The molecule has 2 fully saturated rings. The first-order valence-corrected chi connectivity index (χ1v) is 8.49. The topological polar surface area (TPSA) is 43.8 Å². The van der Waals surface area contributed by atoms with Crippen LogP contribution in [0.5, 0.6) is 0 Å². The van der Waals surface area contributed by atoms with E-state index in [4.69, 9.17) is 0 Å². The van der Waals surface area contributed by atoms with Crippen molar-refractivity contribution < 1.29 is 9.90 Å². The number of nitrogens with zero attached hydrogens (tertiary/aromatic N) is 2. The monoisotopic (exact) mass is 296 g/mol. The molecular formula is C17H32N2O2. The quantitative estimate of drug-likeness (QED) is 0.866. The van der Waals surface area contributed by atoms with Gasteiger partial charge in [-0.25, -0.2) is 0 Å². The van der Waals surface area contributed by atoms with E-state index in [2.05, 4.69) is 37.6 Å². The molecular weight excluding hydrogens is 264 g/mol. The van der Waals surface area contributed by atoms with Crippen LogP contribution in [-0.2, 0) is 4.79 Å². The second-order valence-electron chi connectivity index (χ2n) is 7.74. The smallest absolute Gasteiger partial charge is 0.324 e. The van der Waals surface area contributed by atoms with Crippen molar-refractivity contribution in [2.24, 2.45) is 11.3 Å². The van der Waals surface area contributed by atoms with Crippen LogP contribution < -0.4 is 0 Å². The number of carbonyl (C=O) groups is 1. The molecule has 0 bridgehead atoms. The van der Waals surface area contributed by atoms with E-state index in [1.165, 1.54) is 6.42 Å². The molecule has 4 heteroatoms. The van der Waals surface area contributed by atoms with Crippen LogP contribution >= 0.6 is 0 Å². The van der Waals surface area contributed by atoms with Gasteiger partial charge >= 0.3 is 5.97 Å². The first kappa shape index (κ1) is 16.8. The summed E-state index contributed by atoms with van der Waals surface area (Å²) < 4.78 is 0. The fraction of sp³-hybridized carbons (Fsp3) is 0.941. The highest BCUT2D eigenvalue weighted by Gasteiger charge is 2.48. The summed E-state index contributed by atoms with van der Waals surface area (Å²) in [5.41, 5.74) is -0.256. The summed E-state index contributed by atoms with van der Waals surface area (Å²) in [5.74, 6) is 0.0715. The molecule has 0 atom stereocenters. The fourth-order valence-electron chi connectivity index (χ4n) is 4.07. The van der Waals surface area contributed by atoms with Crippen molar-refractivity contribution in [1.29, 1.82) is 0 Å². The first-order chi connectivity index (χ1) is 9.82. The molecule has 1 N–H and O–H groups in total. The third kappa shape index (κ3) is 3.26. The highest BCUT2D eigenvalue weighted by molar-refractivity contribution is 5.79. The summed E-state index contributed by atoms with van der Waals surface area (Å²) in [6, 6.07) is 0. The second-order valence-corrected chi connectivity index (χ2v) is 7.74. The molecule has 0 radical (unpaired) electrons. The number of hydrogen-bond acceptors (Lipinski definition) is 3. The molecule has 0 unspecified atom stereocenters. The van der Waals surface area contributed by atoms with Gasteiger partial charge in [0.1, 0.15) is 5.54 Å². The third-order valence-corrected chi connectivity index (χ3v) is 6.34. The number of likely N-dealkylation sites (N-methyl/N-ethyl adjacent to an activating group) is 1. The molecule has 1 saturated heterocycles. The number of piperazine rings is 1. The number of rotatable bonds is 4. The zero-order chi connectivity index (χ0) is 15.7. The van der Waals surface area contributed by atoms with Gasteiger partial charge in [0.15, 0.2) is 0 Å². The van der Waals surface area contributed by atoms with E-state index in [-0.39, 0.29) is 0 Å². The summed E-state index contributed by atoms with van der Waals surface area (Å²) in [6.07, 6.45) is 4.92. The molecule has 122 valence electrons. The van der Waals surface area contributed by atoms with Gasteiger partial charge in [-0.05, 0) is 44.1 Å². The van der Waals surface area contributed by atoms with Gasteiger partial charge in [0.05, 0.1) is 0 Å². The lowest BCUT2D eigenvalue weighted by Crippen LogP contribution is -2.61. The van der Waals surface area contributed by atoms with Gasteiger partial charge in [0.2, 0.25) is 0 Å². The van der Waals surface area contributed by atoms with E-state index in [0.717, 1.165) is 51.9 Å². The van der Waals surface area contributed by atoms with E-state index in [1.54, 1.807) is 0 Å². The summed E-state index contributed by atoms with van der Waals surface area (Å²) in [6.45, 7) is 10.7. The highest BCUT2D eigenvalue weighted by Crippen LogP contribution is 2.45. The maximum absolute atomic E-state index is 12.0. The van der Waals surface area contributed by atoms with Crippen LogP contribution in [0.1, 0.15) is 52.9 Å². The zero-order valence-electron chi connectivity index (χ0n) is 14.2. The minimum atomic E-state index is -0.597. The number of carboxylic acids is 1. The normalized spacial score (nSPS) is 33.0. The summed E-state index contributed by atoms with van der Waals surface area (Å²) in [7, 11) is 2.12. The summed E-state index contributed by atoms with van der Waals surface area (Å²) in [5, 5.41) is 9.90. The van der Waals surface area contributed by atoms with Crippen molar-refractivity contribution in [2.45, 2.75) is 58.4 Å². The minimum absolute atomic E-state index is 0.340. The standard InChI is InChI=1S/C17H32N2O2/c1-5-16(2,3)14-6-8-17(9-7-14,15(20)21)19-12-10-18(4)11-13-19/h14H,5-13H2,1-4H3,(H,20,21). The average Bonchev–Trinajstić information content (AvgIpc) is 2.48. The van der Waals surface area contributed by atoms with Crippen LogP contribution in [0.4, 0.5) is 0 Å². The van der Waals surface area contributed by atoms with Crippen LogP contribution in [0.2, 0.25) is 0 Å². The minimum Gasteiger partial charge on any atom is -0.480 e. The summed E-state index contributed by atoms with van der Waals surface area (Å²) in [4.78, 5) is 16.6. The van der Waals surface area contributed by atoms with Gasteiger partial charge in [0.25, 0.3) is 0 Å². The largest absolute Gasteiger partial charge is 0.480 e. The third-order valence-electron chi connectivity index (χ3n) is 6.34. The Morgan fingerprint density at radius 1 is 1.19 bits per heavy atom. The Morgan fingerprint density at radius 3 is 2.14 bits per heavy atom. The molecule has 0 aromatic heterocycles. The molecule has 0 amide bonds. The molecule has 1 saturated carbocycles. The number of carboxylic acid groups (broad SMARTS) is 1. The lowest BCUT2D eigenvalue weighted by Gasteiger charge is -2.49. The van der Waals surface area contributed by atoms with Crippen LogP contribution in [-0.4, -0.2) is 59.6 Å². The van der Waals surface area contributed by atoms with Crippen molar-refractivity contribution in [2.75, 3.05) is 33.2 Å². The van der Waals surface area contributed by atoms with E-state index < -0.39 is 11.5 Å². The second kappa shape index (κ2) is 6.25. The molecule has 0 aromatic rings. The Hall–Kier alpha value is -0.610. The molecule has 21 heavy (non-hydrogen) atoms. The lowest BCUT2D eigenvalue weighted by atomic mass is 9.65. The van der Waals surface area contributed by atoms with Crippen LogP contribution in [0, 0.1) is 11.3 Å². The average molecular weight is 296 g/mol. The van der Waals surface area contributed by atoms with Crippen molar-refractivity contribution >= 4 is 5.97 Å². The van der Waals surface area contributed by atoms with Crippen LogP contribution in [0.25, 0.3) is 0 Å². The Balaban J connectivity index is 2.07. The summed E-state index contributed by atoms with van der Waals surface area (Å²) >= 11 is 0. The SMILES string of the molecule is CCC(C)(C)C1CCC(C(=O)O)(N2CCN(C)CC2)CC1. The Labute approximate surface area is 129 Å². The van der Waals surface area contributed by atoms with Gasteiger partial charge in [-0.3, -0.25) is 9.69 Å². The molecule has 1 aliphatic heterocycles. The Kier molecular flexibility index (Phi) is 4.99. The van der Waals surface area contributed by atoms with Crippen LogP contribution in [0.3, 0.4) is 0 Å². The molecule has 0 aromatic carbocycles. The highest BCUT2D eigenvalue weighted by atomic mass is 16.4. The lowest BCUT2D eigenvalue weighted by molar-refractivity contribution is -0.157. The van der Waals surface area contributed by atoms with E-state index in [9.17, 15) is 9.90 Å². The zero-order valence-corrected chi connectivity index (χ0v) is 14.2. The Bertz CT molecular complexity index is 365. The van der Waals surface area contributed by atoms with E-state index in [1.807, 2.05) is 0 Å². The van der Waals surface area contributed by atoms with Gasteiger partial charge in [-0.15, -0.1) is 0 Å².